The second-order valence-corrected chi connectivity index (χ2v) is 2.95. The Morgan fingerprint density at radius 2 is 2.00 bits per heavy atom. The van der Waals surface area contributed by atoms with Crippen LogP contribution in [0.5, 0.6) is 0 Å². The van der Waals surface area contributed by atoms with E-state index in [-0.39, 0.29) is 0 Å². The average Bonchev–Trinajstić information content (AvgIpc) is 1.59. The van der Waals surface area contributed by atoms with Crippen molar-refractivity contribution in [2.45, 2.75) is 0 Å². The van der Waals surface area contributed by atoms with Crippen LogP contribution in [0.2, 0.25) is 0 Å². The molecule has 0 aromatic heterocycles. The lowest BCUT2D eigenvalue weighted by molar-refractivity contribution is 0.195. The Morgan fingerprint density at radius 1 is 1.56 bits per heavy atom. The SMILES string of the molecule is O=C(O)NCP(=O)(O)O. The Hall–Kier alpha value is -0.580. The highest BCUT2D eigenvalue weighted by atomic mass is 31.2. The average molecular weight is 155 g/mol. The summed E-state index contributed by atoms with van der Waals surface area (Å²) in [6, 6.07) is 0. The molecule has 0 aliphatic rings. The predicted molar refractivity (Wildman–Crippen MR) is 28.1 cm³/mol. The molecule has 0 aliphatic heterocycles. The Bertz CT molecular complexity index is 149. The molecule has 7 heteroatoms. The maximum Gasteiger partial charge on any atom is 0.405 e. The molecule has 0 bridgehead atoms. The minimum Gasteiger partial charge on any atom is -0.465 e. The smallest absolute Gasteiger partial charge is 0.405 e. The molecule has 54 valence electrons. The van der Waals surface area contributed by atoms with Crippen molar-refractivity contribution in [2.75, 3.05) is 6.29 Å². The lowest BCUT2D eigenvalue weighted by Gasteiger charge is -2.00. The van der Waals surface area contributed by atoms with E-state index < -0.39 is 20.0 Å². The van der Waals surface area contributed by atoms with Crippen molar-refractivity contribution >= 4 is 13.7 Å². The summed E-state index contributed by atoms with van der Waals surface area (Å²) in [5.74, 6) is 0. The zero-order valence-electron chi connectivity index (χ0n) is 4.31. The van der Waals surface area contributed by atoms with Crippen molar-refractivity contribution in [3.8, 4) is 0 Å². The zero-order chi connectivity index (χ0) is 7.49. The van der Waals surface area contributed by atoms with Crippen LogP contribution in [0.4, 0.5) is 4.79 Å². The minimum absolute atomic E-state index is 0.831. The summed E-state index contributed by atoms with van der Waals surface area (Å²) in [5, 5.41) is 9.36. The van der Waals surface area contributed by atoms with Crippen molar-refractivity contribution in [2.24, 2.45) is 0 Å². The molecule has 0 aromatic carbocycles. The van der Waals surface area contributed by atoms with Gasteiger partial charge in [-0.05, 0) is 0 Å². The molecular formula is C2H6NO5P. The molecule has 0 radical (unpaired) electrons. The second kappa shape index (κ2) is 2.82. The zero-order valence-corrected chi connectivity index (χ0v) is 5.21. The first-order valence-electron chi connectivity index (χ1n) is 1.93. The third-order valence-corrected chi connectivity index (χ3v) is 1.01. The van der Waals surface area contributed by atoms with Crippen LogP contribution in [-0.2, 0) is 4.57 Å². The maximum atomic E-state index is 9.90. The highest BCUT2D eigenvalue weighted by molar-refractivity contribution is 7.51. The van der Waals surface area contributed by atoms with E-state index in [2.05, 4.69) is 0 Å². The van der Waals surface area contributed by atoms with Gasteiger partial charge in [-0.2, -0.15) is 0 Å². The van der Waals surface area contributed by atoms with E-state index >= 15 is 0 Å². The molecule has 0 saturated carbocycles. The molecule has 0 atom stereocenters. The second-order valence-electron chi connectivity index (χ2n) is 1.30. The van der Waals surface area contributed by atoms with Crippen molar-refractivity contribution in [3.63, 3.8) is 0 Å². The fourth-order valence-corrected chi connectivity index (χ4v) is 0.512. The van der Waals surface area contributed by atoms with E-state index in [1.54, 1.807) is 0 Å². The van der Waals surface area contributed by atoms with E-state index in [0.29, 0.717) is 0 Å². The number of rotatable bonds is 2. The topological polar surface area (TPSA) is 107 Å². The van der Waals surface area contributed by atoms with Crippen LogP contribution in [0.3, 0.4) is 0 Å². The molecule has 0 rings (SSSR count). The van der Waals surface area contributed by atoms with Crippen LogP contribution in [-0.4, -0.2) is 27.3 Å². The summed E-state index contributed by atoms with van der Waals surface area (Å²) in [6.07, 6.45) is -2.28. The molecule has 0 unspecified atom stereocenters. The van der Waals surface area contributed by atoms with Crippen molar-refractivity contribution < 1.29 is 24.3 Å². The molecular weight excluding hydrogens is 149 g/mol. The number of hydrogen-bond donors (Lipinski definition) is 4. The van der Waals surface area contributed by atoms with Gasteiger partial charge >= 0.3 is 13.7 Å². The van der Waals surface area contributed by atoms with Gasteiger partial charge in [0.15, 0.2) is 0 Å². The summed E-state index contributed by atoms with van der Waals surface area (Å²) in [7, 11) is -4.21. The van der Waals surface area contributed by atoms with Gasteiger partial charge in [0, 0.05) is 0 Å². The Kier molecular flexibility index (Phi) is 2.64. The molecule has 4 N–H and O–H groups in total. The minimum atomic E-state index is -4.21. The summed E-state index contributed by atoms with van der Waals surface area (Å²) in [5.41, 5.74) is 0. The Labute approximate surface area is 50.7 Å². The molecule has 0 saturated heterocycles. The maximum absolute atomic E-state index is 9.90. The lowest BCUT2D eigenvalue weighted by atomic mass is 11.1. The highest BCUT2D eigenvalue weighted by Crippen LogP contribution is 2.31. The van der Waals surface area contributed by atoms with Crippen LogP contribution in [0.15, 0.2) is 0 Å². The monoisotopic (exact) mass is 155 g/mol. The van der Waals surface area contributed by atoms with Crippen molar-refractivity contribution in [1.29, 1.82) is 0 Å². The summed E-state index contributed by atoms with van der Waals surface area (Å²) in [6.45, 7) is 0. The summed E-state index contributed by atoms with van der Waals surface area (Å²) >= 11 is 0. The molecule has 0 aromatic rings. The fourth-order valence-electron chi connectivity index (χ4n) is 0.171. The van der Waals surface area contributed by atoms with E-state index in [9.17, 15) is 9.36 Å². The number of carboxylic acid groups (broad SMARTS) is 1. The molecule has 0 heterocycles. The highest BCUT2D eigenvalue weighted by Gasteiger charge is 2.12. The van der Waals surface area contributed by atoms with E-state index in [1.165, 1.54) is 5.32 Å². The van der Waals surface area contributed by atoms with Gasteiger partial charge in [-0.15, -0.1) is 0 Å². The summed E-state index contributed by atoms with van der Waals surface area (Å²) in [4.78, 5) is 25.7. The molecule has 0 aliphatic carbocycles. The lowest BCUT2D eigenvalue weighted by Crippen LogP contribution is -2.21. The summed E-state index contributed by atoms with van der Waals surface area (Å²) < 4.78 is 9.90. The van der Waals surface area contributed by atoms with Gasteiger partial charge in [0.25, 0.3) is 0 Å². The van der Waals surface area contributed by atoms with Gasteiger partial charge in [0.2, 0.25) is 0 Å². The number of amides is 1. The van der Waals surface area contributed by atoms with Gasteiger partial charge in [-0.25, -0.2) is 4.79 Å². The standard InChI is InChI=1S/C2H6NO5P/c4-2(5)3-1-9(6,7)8/h3H,1H2,(H,4,5)(H2,6,7,8). The third kappa shape index (κ3) is 7.42. The fraction of sp³-hybridized carbons (Fsp3) is 0.500. The molecule has 0 spiro atoms. The van der Waals surface area contributed by atoms with Gasteiger partial charge in [0.05, 0.1) is 0 Å². The van der Waals surface area contributed by atoms with Crippen LogP contribution in [0.1, 0.15) is 0 Å². The first kappa shape index (κ1) is 8.42. The van der Waals surface area contributed by atoms with E-state index in [0.717, 1.165) is 0 Å². The van der Waals surface area contributed by atoms with Gasteiger partial charge in [0.1, 0.15) is 6.29 Å². The van der Waals surface area contributed by atoms with E-state index in [4.69, 9.17) is 14.9 Å². The quantitative estimate of drug-likeness (QED) is 0.398. The van der Waals surface area contributed by atoms with Crippen LogP contribution >= 0.6 is 7.60 Å². The van der Waals surface area contributed by atoms with E-state index in [1.807, 2.05) is 0 Å². The molecule has 6 nitrogen and oxygen atoms in total. The normalized spacial score (nSPS) is 10.9. The van der Waals surface area contributed by atoms with Crippen LogP contribution in [0.25, 0.3) is 0 Å². The Balaban J connectivity index is 3.53. The first-order valence-corrected chi connectivity index (χ1v) is 3.73. The van der Waals surface area contributed by atoms with Gasteiger partial charge in [-0.1, -0.05) is 0 Å². The first-order chi connectivity index (χ1) is 3.92. The van der Waals surface area contributed by atoms with Crippen LogP contribution in [0, 0.1) is 0 Å². The third-order valence-electron chi connectivity index (χ3n) is 0.436. The Morgan fingerprint density at radius 3 is 2.11 bits per heavy atom. The van der Waals surface area contributed by atoms with Crippen molar-refractivity contribution in [1.82, 2.24) is 5.32 Å². The largest absolute Gasteiger partial charge is 0.465 e. The van der Waals surface area contributed by atoms with Crippen LogP contribution < -0.4 is 5.32 Å². The molecule has 1 amide bonds. The van der Waals surface area contributed by atoms with Gasteiger partial charge in [-0.3, -0.25) is 4.57 Å². The van der Waals surface area contributed by atoms with Crippen molar-refractivity contribution in [3.05, 3.63) is 0 Å². The number of hydrogen-bond acceptors (Lipinski definition) is 2. The predicted octanol–water partition coefficient (Wildman–Crippen LogP) is -0.611. The number of nitrogens with one attached hydrogen (secondary N) is 1. The van der Waals surface area contributed by atoms with Gasteiger partial charge < -0.3 is 20.2 Å². The molecule has 9 heavy (non-hydrogen) atoms. The number of carbonyl (C=O) groups is 1. The molecule has 0 fully saturated rings.